The summed E-state index contributed by atoms with van der Waals surface area (Å²) in [5.41, 5.74) is 1.13. The molecule has 0 radical (unpaired) electrons. The van der Waals surface area contributed by atoms with Crippen LogP contribution in [0.5, 0.6) is 11.5 Å². The first-order chi connectivity index (χ1) is 12.7. The molecule has 2 heterocycles. The third-order valence-electron chi connectivity index (χ3n) is 4.99. The summed E-state index contributed by atoms with van der Waals surface area (Å²) in [6, 6.07) is 8.25. The quantitative estimate of drug-likeness (QED) is 0.861. The van der Waals surface area contributed by atoms with Crippen molar-refractivity contribution in [2.45, 2.75) is 38.3 Å². The van der Waals surface area contributed by atoms with Gasteiger partial charge in [-0.15, -0.1) is 0 Å². The van der Waals surface area contributed by atoms with Crippen LogP contribution in [0.1, 0.15) is 31.2 Å². The number of rotatable bonds is 6. The summed E-state index contributed by atoms with van der Waals surface area (Å²) in [4.78, 5) is 14.8. The fourth-order valence-electron chi connectivity index (χ4n) is 3.71. The number of benzene rings is 1. The second-order valence-corrected chi connectivity index (χ2v) is 6.95. The molecule has 1 aromatic carbocycles. The normalized spacial score (nSPS) is 16.4. The number of aryl methyl sites for hydroxylation is 1. The van der Waals surface area contributed by atoms with Crippen LogP contribution in [-0.2, 0) is 18.4 Å². The van der Waals surface area contributed by atoms with E-state index in [1.807, 2.05) is 31.4 Å². The molecule has 26 heavy (non-hydrogen) atoms. The monoisotopic (exact) mass is 356 g/mol. The maximum Gasteiger partial charge on any atom is 0.239 e. The fraction of sp³-hybridized carbons (Fsp3) is 0.474. The third-order valence-corrected chi connectivity index (χ3v) is 4.99. The van der Waals surface area contributed by atoms with E-state index in [-0.39, 0.29) is 12.7 Å². The number of nitrogens with one attached hydrogen (secondary N) is 1. The van der Waals surface area contributed by atoms with E-state index in [1.165, 1.54) is 12.8 Å². The van der Waals surface area contributed by atoms with Gasteiger partial charge in [0.25, 0.3) is 0 Å². The summed E-state index contributed by atoms with van der Waals surface area (Å²) >= 11 is 0. The Hall–Kier alpha value is -2.54. The molecule has 1 saturated carbocycles. The fourth-order valence-corrected chi connectivity index (χ4v) is 3.71. The predicted molar refractivity (Wildman–Crippen MR) is 97.1 cm³/mol. The van der Waals surface area contributed by atoms with Crippen molar-refractivity contribution in [2.75, 3.05) is 18.7 Å². The zero-order valence-electron chi connectivity index (χ0n) is 15.0. The number of hydrogen-bond acceptors (Lipinski definition) is 5. The molecule has 1 aliphatic heterocycles. The summed E-state index contributed by atoms with van der Waals surface area (Å²) in [6.45, 7) is 1.35. The second-order valence-electron chi connectivity index (χ2n) is 6.95. The van der Waals surface area contributed by atoms with Crippen LogP contribution in [0.25, 0.3) is 0 Å². The molecule has 0 saturated heterocycles. The Morgan fingerprint density at radius 3 is 2.85 bits per heavy atom. The molecule has 0 atom stereocenters. The number of carbonyl (C=O) groups excluding carboxylic acids is 1. The minimum atomic E-state index is -0.0312. The van der Waals surface area contributed by atoms with Gasteiger partial charge in [0.1, 0.15) is 0 Å². The van der Waals surface area contributed by atoms with E-state index >= 15 is 0 Å². The molecule has 0 spiro atoms. The summed E-state index contributed by atoms with van der Waals surface area (Å²) in [7, 11) is 1.83. The SMILES string of the molecule is Cn1ccc(NC(=O)CN(Cc2ccc3c(c2)OCO3)C2CCCC2)n1. The highest BCUT2D eigenvalue weighted by Gasteiger charge is 2.25. The van der Waals surface area contributed by atoms with Crippen LogP contribution >= 0.6 is 0 Å². The topological polar surface area (TPSA) is 68.6 Å². The highest BCUT2D eigenvalue weighted by atomic mass is 16.7. The first-order valence-corrected chi connectivity index (χ1v) is 9.09. The largest absolute Gasteiger partial charge is 0.454 e. The van der Waals surface area contributed by atoms with Gasteiger partial charge in [-0.05, 0) is 30.5 Å². The van der Waals surface area contributed by atoms with Gasteiger partial charge in [0, 0.05) is 31.9 Å². The third kappa shape index (κ3) is 3.83. The van der Waals surface area contributed by atoms with Crippen LogP contribution < -0.4 is 14.8 Å². The Bertz CT molecular complexity index is 783. The van der Waals surface area contributed by atoms with Crippen molar-refractivity contribution in [1.82, 2.24) is 14.7 Å². The number of fused-ring (bicyclic) bond motifs is 1. The van der Waals surface area contributed by atoms with Gasteiger partial charge in [0.05, 0.1) is 6.54 Å². The number of aromatic nitrogens is 2. The number of nitrogens with zero attached hydrogens (tertiary/aromatic N) is 3. The molecule has 0 bridgehead atoms. The molecule has 7 nitrogen and oxygen atoms in total. The lowest BCUT2D eigenvalue weighted by Crippen LogP contribution is -2.39. The number of amides is 1. The maximum atomic E-state index is 12.5. The number of anilines is 1. The Morgan fingerprint density at radius 2 is 2.08 bits per heavy atom. The number of hydrogen-bond donors (Lipinski definition) is 1. The summed E-state index contributed by atoms with van der Waals surface area (Å²) in [6.07, 6.45) is 6.55. The first-order valence-electron chi connectivity index (χ1n) is 9.09. The Labute approximate surface area is 152 Å². The molecule has 2 aliphatic rings. The Morgan fingerprint density at radius 1 is 1.27 bits per heavy atom. The van der Waals surface area contributed by atoms with Crippen molar-refractivity contribution in [1.29, 1.82) is 0 Å². The van der Waals surface area contributed by atoms with E-state index in [9.17, 15) is 4.79 Å². The minimum absolute atomic E-state index is 0.0312. The van der Waals surface area contributed by atoms with Crippen molar-refractivity contribution in [3.63, 3.8) is 0 Å². The standard InChI is InChI=1S/C19H24N4O3/c1-22-9-8-18(21-22)20-19(24)12-23(15-4-2-3-5-15)11-14-6-7-16-17(10-14)26-13-25-16/h6-10,15H,2-5,11-13H2,1H3,(H,20,21,24). The van der Waals surface area contributed by atoms with Crippen molar-refractivity contribution < 1.29 is 14.3 Å². The Kier molecular flexibility index (Phi) is 4.79. The van der Waals surface area contributed by atoms with Crippen LogP contribution in [0.4, 0.5) is 5.82 Å². The number of ether oxygens (including phenoxy) is 2. The smallest absolute Gasteiger partial charge is 0.239 e. The van der Waals surface area contributed by atoms with Crippen LogP contribution in [0, 0.1) is 0 Å². The molecule has 0 unspecified atom stereocenters. The van der Waals surface area contributed by atoms with Crippen LogP contribution in [0.3, 0.4) is 0 Å². The molecule has 4 rings (SSSR count). The predicted octanol–water partition coefficient (Wildman–Crippen LogP) is 2.53. The van der Waals surface area contributed by atoms with E-state index < -0.39 is 0 Å². The maximum absolute atomic E-state index is 12.5. The summed E-state index contributed by atoms with van der Waals surface area (Å²) in [5.74, 6) is 2.13. The molecule has 1 aliphatic carbocycles. The lowest BCUT2D eigenvalue weighted by molar-refractivity contribution is -0.118. The molecule has 2 aromatic rings. The lowest BCUT2D eigenvalue weighted by atomic mass is 10.1. The zero-order valence-corrected chi connectivity index (χ0v) is 15.0. The van der Waals surface area contributed by atoms with E-state index in [0.717, 1.165) is 36.4 Å². The lowest BCUT2D eigenvalue weighted by Gasteiger charge is -2.28. The summed E-state index contributed by atoms with van der Waals surface area (Å²) < 4.78 is 12.5. The second kappa shape index (κ2) is 7.37. The van der Waals surface area contributed by atoms with Gasteiger partial charge in [-0.1, -0.05) is 18.9 Å². The van der Waals surface area contributed by atoms with Crippen LogP contribution in [0.15, 0.2) is 30.5 Å². The van der Waals surface area contributed by atoms with Crippen molar-refractivity contribution in [2.24, 2.45) is 7.05 Å². The van der Waals surface area contributed by atoms with Crippen LogP contribution in [-0.4, -0.2) is 40.0 Å². The van der Waals surface area contributed by atoms with Gasteiger partial charge in [-0.2, -0.15) is 5.10 Å². The molecular weight excluding hydrogens is 332 g/mol. The average Bonchev–Trinajstić information content (AvgIpc) is 3.35. The molecule has 1 N–H and O–H groups in total. The summed E-state index contributed by atoms with van der Waals surface area (Å²) in [5, 5.41) is 7.10. The van der Waals surface area contributed by atoms with Gasteiger partial charge in [0.15, 0.2) is 17.3 Å². The average molecular weight is 356 g/mol. The van der Waals surface area contributed by atoms with Gasteiger partial charge in [-0.3, -0.25) is 14.4 Å². The zero-order chi connectivity index (χ0) is 17.9. The minimum Gasteiger partial charge on any atom is -0.454 e. The van der Waals surface area contributed by atoms with Gasteiger partial charge in [-0.25, -0.2) is 0 Å². The van der Waals surface area contributed by atoms with E-state index in [2.05, 4.69) is 15.3 Å². The van der Waals surface area contributed by atoms with Crippen molar-refractivity contribution >= 4 is 11.7 Å². The molecular formula is C19H24N4O3. The molecule has 1 aromatic heterocycles. The molecule has 1 amide bonds. The molecule has 138 valence electrons. The molecule has 7 heteroatoms. The first kappa shape index (κ1) is 16.9. The van der Waals surface area contributed by atoms with Crippen molar-refractivity contribution in [3.8, 4) is 11.5 Å². The molecule has 1 fully saturated rings. The highest BCUT2D eigenvalue weighted by molar-refractivity contribution is 5.91. The van der Waals surface area contributed by atoms with E-state index in [4.69, 9.17) is 9.47 Å². The van der Waals surface area contributed by atoms with E-state index in [0.29, 0.717) is 18.4 Å². The van der Waals surface area contributed by atoms with E-state index in [1.54, 1.807) is 10.7 Å². The van der Waals surface area contributed by atoms with Gasteiger partial charge in [0.2, 0.25) is 12.7 Å². The van der Waals surface area contributed by atoms with Crippen LogP contribution in [0.2, 0.25) is 0 Å². The highest BCUT2D eigenvalue weighted by Crippen LogP contribution is 2.33. The van der Waals surface area contributed by atoms with Gasteiger partial charge >= 0.3 is 0 Å². The Balaban J connectivity index is 1.44. The number of carbonyl (C=O) groups is 1. The van der Waals surface area contributed by atoms with Crippen molar-refractivity contribution in [3.05, 3.63) is 36.0 Å². The van der Waals surface area contributed by atoms with Gasteiger partial charge < -0.3 is 14.8 Å².